The molecule has 0 unspecified atom stereocenters. The molecule has 1 aliphatic carbocycles. The molecule has 0 radical (unpaired) electrons. The van der Waals surface area contributed by atoms with Gasteiger partial charge in [-0.15, -0.1) is 13.2 Å². The molecule has 12 heteroatoms. The molecular formula is C30H39BrF3N3O5. The molecule has 8 nitrogen and oxygen atoms in total. The number of urea groups is 1. The van der Waals surface area contributed by atoms with Crippen LogP contribution in [0.2, 0.25) is 0 Å². The summed E-state index contributed by atoms with van der Waals surface area (Å²) in [5.74, 6) is -1.28. The Morgan fingerprint density at radius 1 is 1.02 bits per heavy atom. The maximum Gasteiger partial charge on any atom is 0.573 e. The van der Waals surface area contributed by atoms with E-state index in [1.54, 1.807) is 29.2 Å². The lowest BCUT2D eigenvalue weighted by Crippen LogP contribution is -2.45. The van der Waals surface area contributed by atoms with E-state index < -0.39 is 30.0 Å². The SMILES string of the molecule is C.CC(C)(C)C1CCC(N(Cc2ccc(C(=O)NCCC(=O)O)cc2)C(=O)Nc2ccc(OC(F)(F)F)cc2Br)CC1. The molecule has 3 N–H and O–H groups in total. The molecule has 0 aromatic heterocycles. The molecule has 0 bridgehead atoms. The van der Waals surface area contributed by atoms with Crippen molar-refractivity contribution in [3.05, 3.63) is 58.1 Å². The minimum atomic E-state index is -4.83. The summed E-state index contributed by atoms with van der Waals surface area (Å²) < 4.78 is 42.0. The number of rotatable bonds is 9. The molecular weight excluding hydrogens is 619 g/mol. The van der Waals surface area contributed by atoms with Gasteiger partial charge in [-0.3, -0.25) is 9.59 Å². The van der Waals surface area contributed by atoms with Gasteiger partial charge in [0.2, 0.25) is 0 Å². The van der Waals surface area contributed by atoms with E-state index in [0.717, 1.165) is 43.4 Å². The average molecular weight is 659 g/mol. The van der Waals surface area contributed by atoms with Crippen molar-refractivity contribution < 1.29 is 37.4 Å². The zero-order valence-corrected chi connectivity index (χ0v) is 24.8. The Morgan fingerprint density at radius 3 is 2.17 bits per heavy atom. The van der Waals surface area contributed by atoms with Crippen molar-refractivity contribution in [2.24, 2.45) is 11.3 Å². The van der Waals surface area contributed by atoms with E-state index in [4.69, 9.17) is 5.11 Å². The van der Waals surface area contributed by atoms with Crippen molar-refractivity contribution in [2.75, 3.05) is 11.9 Å². The molecule has 2 aromatic carbocycles. The lowest BCUT2D eigenvalue weighted by atomic mass is 9.71. The van der Waals surface area contributed by atoms with Crippen LogP contribution in [0.4, 0.5) is 23.7 Å². The highest BCUT2D eigenvalue weighted by Crippen LogP contribution is 2.39. The van der Waals surface area contributed by atoms with Crippen LogP contribution in [0.15, 0.2) is 46.9 Å². The number of ether oxygens (including phenoxy) is 1. The number of nitrogens with zero attached hydrogens (tertiary/aromatic N) is 1. The number of carboxylic acid groups (broad SMARTS) is 1. The van der Waals surface area contributed by atoms with Crippen LogP contribution >= 0.6 is 15.9 Å². The third-order valence-electron chi connectivity index (χ3n) is 7.23. The van der Waals surface area contributed by atoms with Gasteiger partial charge in [0.1, 0.15) is 5.75 Å². The van der Waals surface area contributed by atoms with Gasteiger partial charge in [0.15, 0.2) is 0 Å². The summed E-state index contributed by atoms with van der Waals surface area (Å²) in [6.07, 6.45) is -1.49. The van der Waals surface area contributed by atoms with E-state index in [0.29, 0.717) is 17.2 Å². The number of benzene rings is 2. The minimum absolute atomic E-state index is 0. The molecule has 0 aliphatic heterocycles. The smallest absolute Gasteiger partial charge is 0.481 e. The number of carbonyl (C=O) groups is 3. The standard InChI is InChI=1S/C29H35BrF3N3O5.CH4/c1-28(2,3)20-8-10-21(11-9-20)36(17-18-4-6-19(7-5-18)26(39)34-15-14-25(37)38)27(40)35-24-13-12-22(16-23(24)30)41-29(31,32)33;/h4-7,12-13,16,20-21H,8-11,14-15,17H2,1-3H3,(H,34,39)(H,35,40)(H,37,38);1H4. The van der Waals surface area contributed by atoms with Crippen molar-refractivity contribution in [1.29, 1.82) is 0 Å². The Hall–Kier alpha value is -3.28. The summed E-state index contributed by atoms with van der Waals surface area (Å²) in [5, 5.41) is 14.1. The molecule has 232 valence electrons. The Labute approximate surface area is 253 Å². The molecule has 42 heavy (non-hydrogen) atoms. The number of carbonyl (C=O) groups excluding carboxylic acids is 2. The lowest BCUT2D eigenvalue weighted by Gasteiger charge is -2.41. The van der Waals surface area contributed by atoms with E-state index in [1.807, 2.05) is 0 Å². The molecule has 0 spiro atoms. The van der Waals surface area contributed by atoms with Crippen LogP contribution in [0.5, 0.6) is 5.75 Å². The van der Waals surface area contributed by atoms with Crippen molar-refractivity contribution in [3.8, 4) is 5.75 Å². The number of amides is 3. The first-order valence-corrected chi connectivity index (χ1v) is 14.1. The summed E-state index contributed by atoms with van der Waals surface area (Å²) in [5.41, 5.74) is 1.61. The van der Waals surface area contributed by atoms with Crippen molar-refractivity contribution in [3.63, 3.8) is 0 Å². The number of alkyl halides is 3. The van der Waals surface area contributed by atoms with Crippen LogP contribution in [-0.4, -0.2) is 46.9 Å². The quantitative estimate of drug-likeness (QED) is 0.255. The Bertz CT molecular complexity index is 1220. The largest absolute Gasteiger partial charge is 0.573 e. The molecule has 2 aromatic rings. The van der Waals surface area contributed by atoms with Gasteiger partial charge in [0.25, 0.3) is 5.91 Å². The number of anilines is 1. The van der Waals surface area contributed by atoms with Crippen LogP contribution in [0.1, 0.15) is 76.2 Å². The molecule has 1 saturated carbocycles. The molecule has 0 saturated heterocycles. The predicted molar refractivity (Wildman–Crippen MR) is 158 cm³/mol. The zero-order valence-electron chi connectivity index (χ0n) is 23.2. The summed E-state index contributed by atoms with van der Waals surface area (Å²) in [6, 6.07) is 9.88. The third kappa shape index (κ3) is 10.5. The Kier molecular flexibility index (Phi) is 12.3. The normalized spacial score (nSPS) is 17.0. The van der Waals surface area contributed by atoms with Crippen molar-refractivity contribution >= 4 is 39.5 Å². The van der Waals surface area contributed by atoms with Gasteiger partial charge < -0.3 is 25.4 Å². The molecule has 0 heterocycles. The molecule has 3 amide bonds. The highest BCUT2D eigenvalue weighted by Gasteiger charge is 2.34. The first kappa shape index (κ1) is 34.9. The second-order valence-corrected chi connectivity index (χ2v) is 12.1. The molecule has 0 atom stereocenters. The summed E-state index contributed by atoms with van der Waals surface area (Å²) in [6.45, 7) is 6.91. The molecule has 3 rings (SSSR count). The topological polar surface area (TPSA) is 108 Å². The fourth-order valence-electron chi connectivity index (χ4n) is 4.94. The van der Waals surface area contributed by atoms with Gasteiger partial charge in [-0.2, -0.15) is 0 Å². The Balaban J connectivity index is 0.00000616. The molecule has 1 fully saturated rings. The van der Waals surface area contributed by atoms with Gasteiger partial charge in [-0.25, -0.2) is 4.79 Å². The van der Waals surface area contributed by atoms with Crippen LogP contribution < -0.4 is 15.4 Å². The van der Waals surface area contributed by atoms with Crippen molar-refractivity contribution in [2.45, 2.75) is 79.3 Å². The second-order valence-electron chi connectivity index (χ2n) is 11.2. The van der Waals surface area contributed by atoms with Crippen LogP contribution in [0, 0.1) is 11.3 Å². The lowest BCUT2D eigenvalue weighted by molar-refractivity contribution is -0.274. The van der Waals surface area contributed by atoms with Gasteiger partial charge in [0.05, 0.1) is 12.1 Å². The maximum atomic E-state index is 13.6. The van der Waals surface area contributed by atoms with Crippen molar-refractivity contribution in [1.82, 2.24) is 10.2 Å². The predicted octanol–water partition coefficient (Wildman–Crippen LogP) is 7.83. The molecule has 1 aliphatic rings. The number of halogens is 4. The van der Waals surface area contributed by atoms with E-state index >= 15 is 0 Å². The van der Waals surface area contributed by atoms with Crippen LogP contribution in [-0.2, 0) is 11.3 Å². The van der Waals surface area contributed by atoms with E-state index in [2.05, 4.69) is 52.1 Å². The average Bonchev–Trinajstić information content (AvgIpc) is 2.87. The maximum absolute atomic E-state index is 13.6. The minimum Gasteiger partial charge on any atom is -0.481 e. The number of nitrogens with one attached hydrogen (secondary N) is 2. The van der Waals surface area contributed by atoms with E-state index in [-0.39, 0.29) is 42.9 Å². The van der Waals surface area contributed by atoms with Crippen LogP contribution in [0.3, 0.4) is 0 Å². The van der Waals surface area contributed by atoms with E-state index in [9.17, 15) is 27.6 Å². The van der Waals surface area contributed by atoms with Gasteiger partial charge in [-0.1, -0.05) is 40.3 Å². The fourth-order valence-corrected chi connectivity index (χ4v) is 5.40. The Morgan fingerprint density at radius 2 is 1.64 bits per heavy atom. The second kappa shape index (κ2) is 14.8. The number of aliphatic carboxylic acids is 1. The summed E-state index contributed by atoms with van der Waals surface area (Å²) in [4.78, 5) is 38.3. The number of hydrogen-bond acceptors (Lipinski definition) is 4. The third-order valence-corrected chi connectivity index (χ3v) is 7.89. The van der Waals surface area contributed by atoms with Gasteiger partial charge >= 0.3 is 18.4 Å². The summed E-state index contributed by atoms with van der Waals surface area (Å²) in [7, 11) is 0. The highest BCUT2D eigenvalue weighted by atomic mass is 79.9. The fraction of sp³-hybridized carbons (Fsp3) is 0.500. The van der Waals surface area contributed by atoms with E-state index in [1.165, 1.54) is 6.07 Å². The first-order valence-electron chi connectivity index (χ1n) is 13.3. The number of carboxylic acids is 1. The summed E-state index contributed by atoms with van der Waals surface area (Å²) >= 11 is 3.22. The first-order chi connectivity index (χ1) is 19.1. The number of hydrogen-bond donors (Lipinski definition) is 3. The van der Waals surface area contributed by atoms with Gasteiger partial charge in [0, 0.05) is 29.2 Å². The van der Waals surface area contributed by atoms with Gasteiger partial charge in [-0.05, 0) is 88.8 Å². The van der Waals surface area contributed by atoms with Crippen LogP contribution in [0.25, 0.3) is 0 Å². The monoisotopic (exact) mass is 657 g/mol. The zero-order chi connectivity index (χ0) is 30.4. The highest BCUT2D eigenvalue weighted by molar-refractivity contribution is 9.10.